The van der Waals surface area contributed by atoms with E-state index < -0.39 is 0 Å². The lowest BCUT2D eigenvalue weighted by atomic mass is 10.2. The van der Waals surface area contributed by atoms with E-state index in [0.29, 0.717) is 0 Å². The van der Waals surface area contributed by atoms with E-state index in [0.717, 1.165) is 32.6 Å². The van der Waals surface area contributed by atoms with Crippen LogP contribution < -0.4 is 10.6 Å². The van der Waals surface area contributed by atoms with Crippen molar-refractivity contribution in [3.8, 4) is 0 Å². The van der Waals surface area contributed by atoms with Gasteiger partial charge in [-0.25, -0.2) is 0 Å². The number of benzene rings is 1. The average molecular weight is 221 g/mol. The van der Waals surface area contributed by atoms with E-state index in [1.165, 1.54) is 5.69 Å². The Kier molecular flexibility index (Phi) is 5.90. The Hall–Kier alpha value is -1.06. The summed E-state index contributed by atoms with van der Waals surface area (Å²) in [7, 11) is 4.21. The Bertz CT molecular complexity index is 272. The molecule has 1 aromatic rings. The Balaban J connectivity index is 2.56. The summed E-state index contributed by atoms with van der Waals surface area (Å²) in [6.45, 7) is 3.91. The maximum Gasteiger partial charge on any atom is 0.0366 e. The maximum absolute atomic E-state index is 5.57. The van der Waals surface area contributed by atoms with Crippen LogP contribution in [0.3, 0.4) is 0 Å². The molecule has 0 heterocycles. The summed E-state index contributed by atoms with van der Waals surface area (Å²) in [6, 6.07) is 10.5. The van der Waals surface area contributed by atoms with Gasteiger partial charge in [-0.3, -0.25) is 0 Å². The van der Waals surface area contributed by atoms with Crippen LogP contribution in [0.1, 0.15) is 6.42 Å². The number of nitrogens with two attached hydrogens (primary N) is 1. The number of likely N-dealkylation sites (N-methyl/N-ethyl adjacent to an activating group) is 1. The van der Waals surface area contributed by atoms with Crippen LogP contribution in [0.4, 0.5) is 5.69 Å². The molecule has 0 aliphatic heterocycles. The van der Waals surface area contributed by atoms with Crippen molar-refractivity contribution in [2.75, 3.05) is 45.2 Å². The highest BCUT2D eigenvalue weighted by Crippen LogP contribution is 2.12. The fraction of sp³-hybridized carbons (Fsp3) is 0.538. The zero-order valence-corrected chi connectivity index (χ0v) is 10.4. The van der Waals surface area contributed by atoms with Crippen LogP contribution in [0.15, 0.2) is 30.3 Å². The summed E-state index contributed by atoms with van der Waals surface area (Å²) in [5.74, 6) is 0. The molecule has 0 aliphatic rings. The molecular weight excluding hydrogens is 198 g/mol. The van der Waals surface area contributed by atoms with Crippen LogP contribution in [0.2, 0.25) is 0 Å². The van der Waals surface area contributed by atoms with Gasteiger partial charge in [-0.1, -0.05) is 18.2 Å². The minimum Gasteiger partial charge on any atom is -0.370 e. The van der Waals surface area contributed by atoms with Crippen molar-refractivity contribution in [3.63, 3.8) is 0 Å². The molecule has 90 valence electrons. The normalized spacial score (nSPS) is 10.8. The lowest BCUT2D eigenvalue weighted by Crippen LogP contribution is -2.33. The molecule has 0 saturated carbocycles. The molecule has 2 N–H and O–H groups in total. The van der Waals surface area contributed by atoms with Gasteiger partial charge in [0.25, 0.3) is 0 Å². The first kappa shape index (κ1) is 13.0. The first-order valence-corrected chi connectivity index (χ1v) is 5.89. The van der Waals surface area contributed by atoms with Crippen LogP contribution in [0, 0.1) is 0 Å². The number of anilines is 1. The van der Waals surface area contributed by atoms with Crippen LogP contribution in [0.5, 0.6) is 0 Å². The summed E-state index contributed by atoms with van der Waals surface area (Å²) in [5, 5.41) is 0. The lowest BCUT2D eigenvalue weighted by Gasteiger charge is -2.26. The van der Waals surface area contributed by atoms with Gasteiger partial charge in [0.2, 0.25) is 0 Å². The molecule has 0 aromatic heterocycles. The van der Waals surface area contributed by atoms with E-state index in [-0.39, 0.29) is 0 Å². The molecule has 0 amide bonds. The van der Waals surface area contributed by atoms with Crippen molar-refractivity contribution in [1.29, 1.82) is 0 Å². The summed E-state index contributed by atoms with van der Waals surface area (Å²) in [5.41, 5.74) is 6.86. The van der Waals surface area contributed by atoms with Gasteiger partial charge in [0.1, 0.15) is 0 Å². The zero-order valence-electron chi connectivity index (χ0n) is 10.4. The standard InChI is InChI=1S/C13H23N3/c1-15(2)11-12-16(10-6-9-14)13-7-4-3-5-8-13/h3-5,7-8H,6,9-12,14H2,1-2H3. The summed E-state index contributed by atoms with van der Waals surface area (Å²) in [4.78, 5) is 4.60. The predicted octanol–water partition coefficient (Wildman–Crippen LogP) is 1.40. The van der Waals surface area contributed by atoms with E-state index >= 15 is 0 Å². The van der Waals surface area contributed by atoms with Crippen molar-refractivity contribution in [3.05, 3.63) is 30.3 Å². The van der Waals surface area contributed by atoms with Crippen molar-refractivity contribution in [1.82, 2.24) is 4.90 Å². The number of rotatable bonds is 7. The van der Waals surface area contributed by atoms with Gasteiger partial charge in [0.05, 0.1) is 0 Å². The molecule has 0 spiro atoms. The minimum atomic E-state index is 0.755. The number of hydrogen-bond acceptors (Lipinski definition) is 3. The average Bonchev–Trinajstić information content (AvgIpc) is 2.30. The Labute approximate surface area is 98.8 Å². The molecule has 1 aromatic carbocycles. The van der Waals surface area contributed by atoms with E-state index in [1.807, 2.05) is 0 Å². The maximum atomic E-state index is 5.57. The molecule has 0 bridgehead atoms. The molecule has 1 rings (SSSR count). The van der Waals surface area contributed by atoms with Gasteiger partial charge < -0.3 is 15.5 Å². The van der Waals surface area contributed by atoms with Crippen LogP contribution in [-0.2, 0) is 0 Å². The zero-order chi connectivity index (χ0) is 11.8. The third-order valence-electron chi connectivity index (χ3n) is 2.57. The highest BCUT2D eigenvalue weighted by Gasteiger charge is 2.05. The molecule has 0 fully saturated rings. The molecular formula is C13H23N3. The topological polar surface area (TPSA) is 32.5 Å². The quantitative estimate of drug-likeness (QED) is 0.755. The number of para-hydroxylation sites is 1. The van der Waals surface area contributed by atoms with Crippen LogP contribution >= 0.6 is 0 Å². The monoisotopic (exact) mass is 221 g/mol. The van der Waals surface area contributed by atoms with Crippen molar-refractivity contribution < 1.29 is 0 Å². The second kappa shape index (κ2) is 7.25. The van der Waals surface area contributed by atoms with Gasteiger partial charge in [-0.2, -0.15) is 0 Å². The minimum absolute atomic E-state index is 0.755. The SMILES string of the molecule is CN(C)CCN(CCCN)c1ccccc1. The Morgan fingerprint density at radius 1 is 1.00 bits per heavy atom. The highest BCUT2D eigenvalue weighted by atomic mass is 15.2. The summed E-state index contributed by atoms with van der Waals surface area (Å²) < 4.78 is 0. The van der Waals surface area contributed by atoms with Crippen molar-refractivity contribution in [2.24, 2.45) is 5.73 Å². The molecule has 0 unspecified atom stereocenters. The van der Waals surface area contributed by atoms with Crippen LogP contribution in [-0.4, -0.2) is 45.2 Å². The van der Waals surface area contributed by atoms with Gasteiger partial charge in [0.15, 0.2) is 0 Å². The van der Waals surface area contributed by atoms with Gasteiger partial charge >= 0.3 is 0 Å². The molecule has 0 aliphatic carbocycles. The second-order valence-corrected chi connectivity index (χ2v) is 4.27. The fourth-order valence-corrected chi connectivity index (χ4v) is 1.61. The number of nitrogens with zero attached hydrogens (tertiary/aromatic N) is 2. The van der Waals surface area contributed by atoms with Crippen LogP contribution in [0.25, 0.3) is 0 Å². The summed E-state index contributed by atoms with van der Waals surface area (Å²) >= 11 is 0. The first-order chi connectivity index (χ1) is 7.74. The smallest absolute Gasteiger partial charge is 0.0366 e. The Morgan fingerprint density at radius 3 is 2.25 bits per heavy atom. The summed E-state index contributed by atoms with van der Waals surface area (Å²) in [6.07, 6.45) is 1.04. The number of hydrogen-bond donors (Lipinski definition) is 1. The molecule has 3 heteroatoms. The van der Waals surface area contributed by atoms with Crippen molar-refractivity contribution >= 4 is 5.69 Å². The van der Waals surface area contributed by atoms with Gasteiger partial charge in [-0.05, 0) is 39.2 Å². The first-order valence-electron chi connectivity index (χ1n) is 5.89. The predicted molar refractivity (Wildman–Crippen MR) is 70.9 cm³/mol. The molecule has 0 atom stereocenters. The second-order valence-electron chi connectivity index (χ2n) is 4.27. The van der Waals surface area contributed by atoms with E-state index in [9.17, 15) is 0 Å². The van der Waals surface area contributed by atoms with E-state index in [2.05, 4.69) is 54.2 Å². The molecule has 0 radical (unpaired) electrons. The third kappa shape index (κ3) is 4.64. The van der Waals surface area contributed by atoms with E-state index in [4.69, 9.17) is 5.73 Å². The van der Waals surface area contributed by atoms with Gasteiger partial charge in [0, 0.05) is 25.3 Å². The van der Waals surface area contributed by atoms with Gasteiger partial charge in [-0.15, -0.1) is 0 Å². The lowest BCUT2D eigenvalue weighted by molar-refractivity contribution is 0.412. The van der Waals surface area contributed by atoms with E-state index in [1.54, 1.807) is 0 Å². The fourth-order valence-electron chi connectivity index (χ4n) is 1.61. The third-order valence-corrected chi connectivity index (χ3v) is 2.57. The Morgan fingerprint density at radius 2 is 1.69 bits per heavy atom. The largest absolute Gasteiger partial charge is 0.370 e. The molecule has 16 heavy (non-hydrogen) atoms. The molecule has 3 nitrogen and oxygen atoms in total. The molecule has 0 saturated heterocycles. The highest BCUT2D eigenvalue weighted by molar-refractivity contribution is 5.45. The van der Waals surface area contributed by atoms with Crippen molar-refractivity contribution in [2.45, 2.75) is 6.42 Å².